The molecule has 1 saturated heterocycles. The Kier molecular flexibility index (Phi) is 3.97. The first-order valence-corrected chi connectivity index (χ1v) is 6.12. The standard InChI is InChI=1S/C13H20N2O2/c1-10(16)11-5-6-13(14-8-11)15-7-3-4-12(9-15)17-2/h5-6,8,10,12,16H,3-4,7,9H2,1-2H3. The first kappa shape index (κ1) is 12.3. The topological polar surface area (TPSA) is 45.6 Å². The minimum atomic E-state index is -0.454. The number of hydrogen-bond acceptors (Lipinski definition) is 4. The number of ether oxygens (including phenoxy) is 1. The molecule has 0 saturated carbocycles. The van der Waals surface area contributed by atoms with Crippen LogP contribution in [0.4, 0.5) is 5.82 Å². The van der Waals surface area contributed by atoms with Crippen molar-refractivity contribution in [2.75, 3.05) is 25.1 Å². The van der Waals surface area contributed by atoms with Gasteiger partial charge in [-0.1, -0.05) is 6.07 Å². The summed E-state index contributed by atoms with van der Waals surface area (Å²) in [5, 5.41) is 9.43. The van der Waals surface area contributed by atoms with Crippen molar-refractivity contribution < 1.29 is 9.84 Å². The van der Waals surface area contributed by atoms with Gasteiger partial charge in [-0.25, -0.2) is 4.98 Å². The van der Waals surface area contributed by atoms with Crippen molar-refractivity contribution in [1.82, 2.24) is 4.98 Å². The lowest BCUT2D eigenvalue weighted by Crippen LogP contribution is -2.39. The maximum atomic E-state index is 9.43. The van der Waals surface area contributed by atoms with E-state index in [4.69, 9.17) is 4.74 Å². The first-order valence-electron chi connectivity index (χ1n) is 6.12. The van der Waals surface area contributed by atoms with E-state index in [9.17, 15) is 5.11 Å². The number of aliphatic hydroxyl groups excluding tert-OH is 1. The van der Waals surface area contributed by atoms with Gasteiger partial charge in [0.05, 0.1) is 12.2 Å². The summed E-state index contributed by atoms with van der Waals surface area (Å²) in [6.07, 6.45) is 3.86. The van der Waals surface area contributed by atoms with Crippen LogP contribution in [-0.2, 0) is 4.74 Å². The Hall–Kier alpha value is -1.13. The van der Waals surface area contributed by atoms with Crippen LogP contribution in [0.5, 0.6) is 0 Å². The van der Waals surface area contributed by atoms with Crippen LogP contribution in [0.2, 0.25) is 0 Å². The molecule has 0 aromatic carbocycles. The van der Waals surface area contributed by atoms with Crippen molar-refractivity contribution in [1.29, 1.82) is 0 Å². The molecule has 0 aliphatic carbocycles. The monoisotopic (exact) mass is 236 g/mol. The SMILES string of the molecule is COC1CCCN(c2ccc(C(C)O)cn2)C1. The first-order chi connectivity index (χ1) is 8.20. The largest absolute Gasteiger partial charge is 0.389 e. The zero-order valence-corrected chi connectivity index (χ0v) is 10.5. The summed E-state index contributed by atoms with van der Waals surface area (Å²) >= 11 is 0. The van der Waals surface area contributed by atoms with Gasteiger partial charge >= 0.3 is 0 Å². The molecule has 0 radical (unpaired) electrons. The van der Waals surface area contributed by atoms with Gasteiger partial charge < -0.3 is 14.7 Å². The minimum Gasteiger partial charge on any atom is -0.389 e. The van der Waals surface area contributed by atoms with Gasteiger partial charge in [0.1, 0.15) is 5.82 Å². The number of aromatic nitrogens is 1. The lowest BCUT2D eigenvalue weighted by Gasteiger charge is -2.32. The molecule has 4 nitrogen and oxygen atoms in total. The highest BCUT2D eigenvalue weighted by atomic mass is 16.5. The van der Waals surface area contributed by atoms with E-state index in [-0.39, 0.29) is 0 Å². The highest BCUT2D eigenvalue weighted by molar-refractivity contribution is 5.40. The molecule has 2 atom stereocenters. The van der Waals surface area contributed by atoms with E-state index >= 15 is 0 Å². The molecule has 1 aliphatic rings. The third kappa shape index (κ3) is 2.96. The van der Waals surface area contributed by atoms with Gasteiger partial charge in [0.25, 0.3) is 0 Å². The molecule has 1 fully saturated rings. The van der Waals surface area contributed by atoms with E-state index in [1.165, 1.54) is 0 Å². The summed E-state index contributed by atoms with van der Waals surface area (Å²) < 4.78 is 5.40. The molecule has 1 aromatic rings. The van der Waals surface area contributed by atoms with Crippen LogP contribution in [-0.4, -0.2) is 36.4 Å². The average Bonchev–Trinajstić information content (AvgIpc) is 2.39. The average molecular weight is 236 g/mol. The fourth-order valence-electron chi connectivity index (χ4n) is 2.17. The van der Waals surface area contributed by atoms with Crippen LogP contribution in [0.3, 0.4) is 0 Å². The molecule has 1 aliphatic heterocycles. The van der Waals surface area contributed by atoms with Crippen LogP contribution in [0.15, 0.2) is 18.3 Å². The smallest absolute Gasteiger partial charge is 0.128 e. The molecule has 2 rings (SSSR count). The Labute approximate surface area is 102 Å². The molecule has 0 bridgehead atoms. The Morgan fingerprint density at radius 1 is 1.53 bits per heavy atom. The fourth-order valence-corrected chi connectivity index (χ4v) is 2.17. The van der Waals surface area contributed by atoms with Crippen molar-refractivity contribution in [3.8, 4) is 0 Å². The fraction of sp³-hybridized carbons (Fsp3) is 0.615. The van der Waals surface area contributed by atoms with E-state index < -0.39 is 6.10 Å². The zero-order valence-electron chi connectivity index (χ0n) is 10.5. The van der Waals surface area contributed by atoms with Gasteiger partial charge in [-0.05, 0) is 31.4 Å². The minimum absolute atomic E-state index is 0.307. The molecule has 0 amide bonds. The van der Waals surface area contributed by atoms with Gasteiger partial charge in [-0.3, -0.25) is 0 Å². The van der Waals surface area contributed by atoms with Crippen molar-refractivity contribution in [2.24, 2.45) is 0 Å². The van der Waals surface area contributed by atoms with Crippen LogP contribution >= 0.6 is 0 Å². The molecule has 4 heteroatoms. The highest BCUT2D eigenvalue weighted by Crippen LogP contribution is 2.20. The maximum Gasteiger partial charge on any atom is 0.128 e. The number of methoxy groups -OCH3 is 1. The van der Waals surface area contributed by atoms with Gasteiger partial charge in [0, 0.05) is 26.4 Å². The van der Waals surface area contributed by atoms with E-state index in [0.29, 0.717) is 6.10 Å². The molecular weight excluding hydrogens is 216 g/mol. The van der Waals surface area contributed by atoms with Gasteiger partial charge in [-0.2, -0.15) is 0 Å². The normalized spacial score (nSPS) is 22.5. The zero-order chi connectivity index (χ0) is 12.3. The van der Waals surface area contributed by atoms with Crippen molar-refractivity contribution in [3.63, 3.8) is 0 Å². The lowest BCUT2D eigenvalue weighted by molar-refractivity contribution is 0.0891. The molecule has 1 N–H and O–H groups in total. The molecular formula is C13H20N2O2. The van der Waals surface area contributed by atoms with Crippen molar-refractivity contribution in [3.05, 3.63) is 23.9 Å². The van der Waals surface area contributed by atoms with E-state index in [1.54, 1.807) is 20.2 Å². The second-order valence-corrected chi connectivity index (χ2v) is 4.57. The number of aliphatic hydroxyl groups is 1. The van der Waals surface area contributed by atoms with E-state index in [2.05, 4.69) is 9.88 Å². The Bertz CT molecular complexity index is 351. The summed E-state index contributed by atoms with van der Waals surface area (Å²) in [6, 6.07) is 3.91. The summed E-state index contributed by atoms with van der Waals surface area (Å²) in [6.45, 7) is 3.68. The summed E-state index contributed by atoms with van der Waals surface area (Å²) in [5.74, 6) is 0.969. The summed E-state index contributed by atoms with van der Waals surface area (Å²) in [7, 11) is 1.76. The number of anilines is 1. The summed E-state index contributed by atoms with van der Waals surface area (Å²) in [4.78, 5) is 6.64. The van der Waals surface area contributed by atoms with Gasteiger partial charge in [-0.15, -0.1) is 0 Å². The molecule has 17 heavy (non-hydrogen) atoms. The number of hydrogen-bond donors (Lipinski definition) is 1. The number of nitrogens with zero attached hydrogens (tertiary/aromatic N) is 2. The molecule has 94 valence electrons. The molecule has 2 unspecified atom stereocenters. The predicted molar refractivity (Wildman–Crippen MR) is 67.1 cm³/mol. The van der Waals surface area contributed by atoms with E-state index in [0.717, 1.165) is 37.3 Å². The van der Waals surface area contributed by atoms with Crippen LogP contribution in [0, 0.1) is 0 Å². The lowest BCUT2D eigenvalue weighted by atomic mass is 10.1. The second-order valence-electron chi connectivity index (χ2n) is 4.57. The third-order valence-electron chi connectivity index (χ3n) is 3.29. The van der Waals surface area contributed by atoms with E-state index in [1.807, 2.05) is 12.1 Å². The van der Waals surface area contributed by atoms with Crippen molar-refractivity contribution >= 4 is 5.82 Å². The Morgan fingerprint density at radius 2 is 2.35 bits per heavy atom. The Morgan fingerprint density at radius 3 is 2.94 bits per heavy atom. The highest BCUT2D eigenvalue weighted by Gasteiger charge is 2.20. The molecule has 0 spiro atoms. The molecule has 2 heterocycles. The third-order valence-corrected chi connectivity index (χ3v) is 3.29. The molecule has 1 aromatic heterocycles. The summed E-state index contributed by atoms with van der Waals surface area (Å²) in [5.41, 5.74) is 0.856. The van der Waals surface area contributed by atoms with Crippen LogP contribution in [0.25, 0.3) is 0 Å². The number of rotatable bonds is 3. The van der Waals surface area contributed by atoms with Crippen LogP contribution in [0.1, 0.15) is 31.4 Å². The predicted octanol–water partition coefficient (Wildman–Crippen LogP) is 1.75. The van der Waals surface area contributed by atoms with Crippen molar-refractivity contribution in [2.45, 2.75) is 32.0 Å². The maximum absolute atomic E-state index is 9.43. The van der Waals surface area contributed by atoms with Gasteiger partial charge in [0.2, 0.25) is 0 Å². The number of pyridine rings is 1. The second kappa shape index (κ2) is 5.47. The van der Waals surface area contributed by atoms with Gasteiger partial charge in [0.15, 0.2) is 0 Å². The number of piperidine rings is 1. The quantitative estimate of drug-likeness (QED) is 0.868. The van der Waals surface area contributed by atoms with Crippen LogP contribution < -0.4 is 4.90 Å². The Balaban J connectivity index is 2.06.